The van der Waals surface area contributed by atoms with Gasteiger partial charge in [-0.25, -0.2) is 4.79 Å². The molecule has 6 nitrogen and oxygen atoms in total. The van der Waals surface area contributed by atoms with Gasteiger partial charge in [0.05, 0.1) is 19.8 Å². The summed E-state index contributed by atoms with van der Waals surface area (Å²) in [5, 5.41) is 2.73. The summed E-state index contributed by atoms with van der Waals surface area (Å²) in [4.78, 5) is 23.6. The van der Waals surface area contributed by atoms with Crippen LogP contribution in [-0.4, -0.2) is 32.2 Å². The van der Waals surface area contributed by atoms with Crippen LogP contribution in [0.25, 0.3) is 0 Å². The first-order chi connectivity index (χ1) is 11.5. The van der Waals surface area contributed by atoms with E-state index in [1.165, 1.54) is 7.11 Å². The molecule has 0 unspecified atom stereocenters. The summed E-state index contributed by atoms with van der Waals surface area (Å²) in [5.41, 5.74) is 0.977. The Hall–Kier alpha value is -3.02. The summed E-state index contributed by atoms with van der Waals surface area (Å²) in [5.74, 6) is 0.461. The minimum Gasteiger partial charge on any atom is -0.497 e. The maximum Gasteiger partial charge on any atom is 0.337 e. The Morgan fingerprint density at radius 2 is 1.67 bits per heavy atom. The van der Waals surface area contributed by atoms with Crippen LogP contribution in [-0.2, 0) is 9.53 Å². The molecule has 1 amide bonds. The van der Waals surface area contributed by atoms with Gasteiger partial charge in [0, 0.05) is 11.8 Å². The van der Waals surface area contributed by atoms with Gasteiger partial charge in [0.1, 0.15) is 11.5 Å². The van der Waals surface area contributed by atoms with Crippen LogP contribution in [0.15, 0.2) is 48.5 Å². The number of ether oxygens (including phenoxy) is 3. The lowest BCUT2D eigenvalue weighted by atomic mass is 10.2. The van der Waals surface area contributed by atoms with Crippen LogP contribution in [0.3, 0.4) is 0 Å². The number of benzene rings is 2. The van der Waals surface area contributed by atoms with E-state index in [9.17, 15) is 9.59 Å². The molecule has 6 heteroatoms. The van der Waals surface area contributed by atoms with Gasteiger partial charge < -0.3 is 19.5 Å². The van der Waals surface area contributed by atoms with E-state index in [2.05, 4.69) is 10.1 Å². The fourth-order valence-corrected chi connectivity index (χ4v) is 1.98. The number of hydrogen-bond acceptors (Lipinski definition) is 5. The number of nitrogens with one attached hydrogen (secondary N) is 1. The first-order valence-corrected chi connectivity index (χ1v) is 7.33. The molecule has 2 rings (SSSR count). The van der Waals surface area contributed by atoms with Crippen LogP contribution in [0.1, 0.15) is 17.3 Å². The number of carbonyl (C=O) groups is 2. The van der Waals surface area contributed by atoms with Gasteiger partial charge >= 0.3 is 5.97 Å². The number of hydrogen-bond donors (Lipinski definition) is 1. The van der Waals surface area contributed by atoms with Gasteiger partial charge in [-0.2, -0.15) is 0 Å². The van der Waals surface area contributed by atoms with Crippen LogP contribution < -0.4 is 14.8 Å². The Labute approximate surface area is 140 Å². The van der Waals surface area contributed by atoms with Crippen molar-refractivity contribution in [1.29, 1.82) is 0 Å². The lowest BCUT2D eigenvalue weighted by Gasteiger charge is -2.15. The van der Waals surface area contributed by atoms with Gasteiger partial charge in [0.15, 0.2) is 6.10 Å². The fraction of sp³-hybridized carbons (Fsp3) is 0.222. The Morgan fingerprint density at radius 3 is 2.29 bits per heavy atom. The molecular weight excluding hydrogens is 310 g/mol. The van der Waals surface area contributed by atoms with Crippen molar-refractivity contribution in [2.45, 2.75) is 13.0 Å². The third-order valence-corrected chi connectivity index (χ3v) is 3.30. The van der Waals surface area contributed by atoms with Crippen LogP contribution in [0.4, 0.5) is 5.69 Å². The van der Waals surface area contributed by atoms with E-state index in [0.29, 0.717) is 22.7 Å². The molecule has 0 fully saturated rings. The van der Waals surface area contributed by atoms with E-state index in [-0.39, 0.29) is 5.91 Å². The molecule has 24 heavy (non-hydrogen) atoms. The highest BCUT2D eigenvalue weighted by atomic mass is 16.5. The van der Waals surface area contributed by atoms with Gasteiger partial charge in [0.2, 0.25) is 0 Å². The minimum absolute atomic E-state index is 0.302. The average molecular weight is 329 g/mol. The topological polar surface area (TPSA) is 73.9 Å². The summed E-state index contributed by atoms with van der Waals surface area (Å²) < 4.78 is 15.3. The van der Waals surface area contributed by atoms with Crippen molar-refractivity contribution >= 4 is 17.6 Å². The van der Waals surface area contributed by atoms with E-state index in [0.717, 1.165) is 0 Å². The average Bonchev–Trinajstić information content (AvgIpc) is 2.61. The van der Waals surface area contributed by atoms with Gasteiger partial charge in [-0.3, -0.25) is 4.79 Å². The molecule has 0 heterocycles. The zero-order valence-electron chi connectivity index (χ0n) is 13.7. The van der Waals surface area contributed by atoms with Gasteiger partial charge in [-0.15, -0.1) is 0 Å². The molecule has 2 aromatic carbocycles. The highest BCUT2D eigenvalue weighted by molar-refractivity contribution is 5.95. The monoisotopic (exact) mass is 329 g/mol. The molecule has 0 saturated carbocycles. The number of carbonyl (C=O) groups excluding carboxylic acids is 2. The second-order valence-corrected chi connectivity index (χ2v) is 5.00. The third-order valence-electron chi connectivity index (χ3n) is 3.30. The Morgan fingerprint density at radius 1 is 1.00 bits per heavy atom. The Bertz CT molecular complexity index is 712. The van der Waals surface area contributed by atoms with Gasteiger partial charge in [-0.1, -0.05) is 6.07 Å². The lowest BCUT2D eigenvalue weighted by Crippen LogP contribution is -2.30. The van der Waals surface area contributed by atoms with Crippen molar-refractivity contribution in [2.24, 2.45) is 0 Å². The number of amides is 1. The van der Waals surface area contributed by atoms with E-state index in [1.807, 2.05) is 0 Å². The van der Waals surface area contributed by atoms with Crippen LogP contribution in [0, 0.1) is 0 Å². The SMILES string of the molecule is COC(=O)c1ccc(NC(=O)[C@H](C)Oc2cccc(OC)c2)cc1. The smallest absolute Gasteiger partial charge is 0.337 e. The summed E-state index contributed by atoms with van der Waals surface area (Å²) in [6, 6.07) is 13.4. The van der Waals surface area contributed by atoms with Crippen molar-refractivity contribution in [1.82, 2.24) is 0 Å². The van der Waals surface area contributed by atoms with E-state index < -0.39 is 12.1 Å². The van der Waals surface area contributed by atoms with Crippen molar-refractivity contribution in [3.05, 3.63) is 54.1 Å². The lowest BCUT2D eigenvalue weighted by molar-refractivity contribution is -0.122. The minimum atomic E-state index is -0.697. The van der Waals surface area contributed by atoms with Crippen molar-refractivity contribution in [2.75, 3.05) is 19.5 Å². The van der Waals surface area contributed by atoms with E-state index in [4.69, 9.17) is 9.47 Å². The Balaban J connectivity index is 1.97. The third kappa shape index (κ3) is 4.49. The number of anilines is 1. The van der Waals surface area contributed by atoms with Crippen LogP contribution in [0.2, 0.25) is 0 Å². The fourth-order valence-electron chi connectivity index (χ4n) is 1.98. The molecule has 2 aromatic rings. The zero-order valence-corrected chi connectivity index (χ0v) is 13.7. The van der Waals surface area contributed by atoms with Gasteiger partial charge in [0.25, 0.3) is 5.91 Å². The van der Waals surface area contributed by atoms with E-state index >= 15 is 0 Å². The molecule has 1 N–H and O–H groups in total. The molecule has 0 bridgehead atoms. The van der Waals surface area contributed by atoms with Crippen LogP contribution in [0.5, 0.6) is 11.5 Å². The van der Waals surface area contributed by atoms with Crippen molar-refractivity contribution < 1.29 is 23.8 Å². The highest BCUT2D eigenvalue weighted by Crippen LogP contribution is 2.20. The zero-order chi connectivity index (χ0) is 17.5. The highest BCUT2D eigenvalue weighted by Gasteiger charge is 2.15. The summed E-state index contributed by atoms with van der Waals surface area (Å²) in [7, 11) is 2.88. The van der Waals surface area contributed by atoms with E-state index in [1.54, 1.807) is 62.6 Å². The summed E-state index contributed by atoms with van der Waals surface area (Å²) in [6.07, 6.45) is -0.697. The predicted octanol–water partition coefficient (Wildman–Crippen LogP) is 2.89. The summed E-state index contributed by atoms with van der Waals surface area (Å²) in [6.45, 7) is 1.65. The van der Waals surface area contributed by atoms with Crippen LogP contribution >= 0.6 is 0 Å². The maximum atomic E-state index is 12.2. The molecule has 0 saturated heterocycles. The molecule has 126 valence electrons. The summed E-state index contributed by atoms with van der Waals surface area (Å²) >= 11 is 0. The quantitative estimate of drug-likeness (QED) is 0.825. The largest absolute Gasteiger partial charge is 0.497 e. The Kier molecular flexibility index (Phi) is 5.78. The molecule has 1 atom stereocenters. The molecule has 0 aliphatic carbocycles. The number of esters is 1. The van der Waals surface area contributed by atoms with Crippen molar-refractivity contribution in [3.63, 3.8) is 0 Å². The first kappa shape index (κ1) is 17.3. The number of methoxy groups -OCH3 is 2. The molecule has 0 aliphatic heterocycles. The molecule has 0 radical (unpaired) electrons. The second-order valence-electron chi connectivity index (χ2n) is 5.00. The predicted molar refractivity (Wildman–Crippen MR) is 89.5 cm³/mol. The molecule has 0 spiro atoms. The van der Waals surface area contributed by atoms with Crippen molar-refractivity contribution in [3.8, 4) is 11.5 Å². The second kappa shape index (κ2) is 8.01. The molecule has 0 aliphatic rings. The maximum absolute atomic E-state index is 12.2. The molecular formula is C18H19NO5. The first-order valence-electron chi connectivity index (χ1n) is 7.33. The number of rotatable bonds is 6. The van der Waals surface area contributed by atoms with Gasteiger partial charge in [-0.05, 0) is 43.3 Å². The molecule has 0 aromatic heterocycles. The normalized spacial score (nSPS) is 11.3. The standard InChI is InChI=1S/C18H19NO5/c1-12(24-16-6-4-5-15(11-16)22-2)17(20)19-14-9-7-13(8-10-14)18(21)23-3/h4-12H,1-3H3,(H,19,20)/t12-/m0/s1.